The van der Waals surface area contributed by atoms with Crippen LogP contribution in [-0.4, -0.2) is 49.3 Å². The molecule has 0 bridgehead atoms. The second kappa shape index (κ2) is 4.57. The average Bonchev–Trinajstić information content (AvgIpc) is 2.70. The highest BCUT2D eigenvalue weighted by Gasteiger charge is 2.50. The minimum atomic E-state index is -3.50. The van der Waals surface area contributed by atoms with Crippen LogP contribution in [0.2, 0.25) is 0 Å². The van der Waals surface area contributed by atoms with Gasteiger partial charge in [0, 0.05) is 19.1 Å². The Hall–Kier alpha value is -0.920. The van der Waals surface area contributed by atoms with E-state index >= 15 is 0 Å². The topological polar surface area (TPSA) is 67.2 Å². The SMILES string of the molecule is CN(C)C1CC(NS(=O)(=O)c2ccnn2C)C1(C)C. The predicted molar refractivity (Wildman–Crippen MR) is 73.2 cm³/mol. The molecule has 108 valence electrons. The number of aryl methyl sites for hydroxylation is 1. The summed E-state index contributed by atoms with van der Waals surface area (Å²) in [6.45, 7) is 4.19. The summed E-state index contributed by atoms with van der Waals surface area (Å²) in [6.07, 6.45) is 2.32. The molecule has 2 rings (SSSR count). The Balaban J connectivity index is 2.14. The van der Waals surface area contributed by atoms with Crippen LogP contribution in [0, 0.1) is 5.41 Å². The van der Waals surface area contributed by atoms with Crippen LogP contribution >= 0.6 is 0 Å². The lowest BCUT2D eigenvalue weighted by molar-refractivity contribution is -0.00238. The van der Waals surface area contributed by atoms with Gasteiger partial charge >= 0.3 is 0 Å². The first-order chi connectivity index (χ1) is 8.66. The summed E-state index contributed by atoms with van der Waals surface area (Å²) in [6, 6.07) is 1.86. The summed E-state index contributed by atoms with van der Waals surface area (Å²) in [4.78, 5) is 2.15. The molecular formula is C12H22N4O2S. The van der Waals surface area contributed by atoms with Crippen molar-refractivity contribution in [1.82, 2.24) is 19.4 Å². The maximum absolute atomic E-state index is 12.3. The summed E-state index contributed by atoms with van der Waals surface area (Å²) in [5.74, 6) is 0. The standard InChI is InChI=1S/C12H22N4O2S/c1-12(2)9(8-10(12)15(3)4)14-19(17,18)11-6-7-13-16(11)5/h6-7,9-10,14H,8H2,1-5H3. The van der Waals surface area contributed by atoms with E-state index in [2.05, 4.69) is 28.6 Å². The van der Waals surface area contributed by atoms with Crippen molar-refractivity contribution < 1.29 is 8.42 Å². The van der Waals surface area contributed by atoms with Gasteiger partial charge in [-0.1, -0.05) is 13.8 Å². The molecule has 1 aromatic heterocycles. The van der Waals surface area contributed by atoms with Gasteiger partial charge in [-0.3, -0.25) is 4.68 Å². The smallest absolute Gasteiger partial charge is 0.257 e. The van der Waals surface area contributed by atoms with Gasteiger partial charge in [0.1, 0.15) is 0 Å². The maximum Gasteiger partial charge on any atom is 0.257 e. The van der Waals surface area contributed by atoms with E-state index in [0.717, 1.165) is 6.42 Å². The van der Waals surface area contributed by atoms with Gasteiger partial charge in [-0.15, -0.1) is 0 Å². The summed E-state index contributed by atoms with van der Waals surface area (Å²) in [7, 11) is 2.18. The molecule has 7 heteroatoms. The van der Waals surface area contributed by atoms with Crippen molar-refractivity contribution in [2.75, 3.05) is 14.1 Å². The summed E-state index contributed by atoms with van der Waals surface area (Å²) in [5, 5.41) is 4.11. The van der Waals surface area contributed by atoms with Crippen LogP contribution < -0.4 is 4.72 Å². The van der Waals surface area contributed by atoms with E-state index in [0.29, 0.717) is 6.04 Å². The molecule has 0 aromatic carbocycles. The largest absolute Gasteiger partial charge is 0.306 e. The third-order valence-corrected chi connectivity index (χ3v) is 5.73. The van der Waals surface area contributed by atoms with E-state index in [4.69, 9.17) is 0 Å². The van der Waals surface area contributed by atoms with Gasteiger partial charge in [-0.2, -0.15) is 5.10 Å². The summed E-state index contributed by atoms with van der Waals surface area (Å²) < 4.78 is 28.8. The molecule has 1 fully saturated rings. The van der Waals surface area contributed by atoms with E-state index in [9.17, 15) is 8.42 Å². The highest BCUT2D eigenvalue weighted by Crippen LogP contribution is 2.43. The summed E-state index contributed by atoms with van der Waals surface area (Å²) >= 11 is 0. The minimum Gasteiger partial charge on any atom is -0.306 e. The minimum absolute atomic E-state index is 0.0419. The van der Waals surface area contributed by atoms with Gasteiger partial charge in [0.15, 0.2) is 5.03 Å². The summed E-state index contributed by atoms with van der Waals surface area (Å²) in [5.41, 5.74) is -0.0742. The van der Waals surface area contributed by atoms with Crippen LogP contribution in [-0.2, 0) is 17.1 Å². The molecule has 2 unspecified atom stereocenters. The Kier molecular flexibility index (Phi) is 3.49. The highest BCUT2D eigenvalue weighted by molar-refractivity contribution is 7.89. The van der Waals surface area contributed by atoms with E-state index in [1.165, 1.54) is 16.9 Å². The fourth-order valence-electron chi connectivity index (χ4n) is 2.85. The molecule has 1 heterocycles. The molecule has 1 aliphatic rings. The van der Waals surface area contributed by atoms with Crippen molar-refractivity contribution in [3.8, 4) is 0 Å². The van der Waals surface area contributed by atoms with Crippen molar-refractivity contribution in [1.29, 1.82) is 0 Å². The fraction of sp³-hybridized carbons (Fsp3) is 0.750. The van der Waals surface area contributed by atoms with Crippen molar-refractivity contribution in [2.24, 2.45) is 12.5 Å². The van der Waals surface area contributed by atoms with Gasteiger partial charge < -0.3 is 4.90 Å². The zero-order valence-electron chi connectivity index (χ0n) is 12.1. The second-order valence-corrected chi connectivity index (χ2v) is 7.66. The number of sulfonamides is 1. The molecule has 0 amide bonds. The molecule has 0 saturated heterocycles. The van der Waals surface area contributed by atoms with Crippen molar-refractivity contribution in [3.05, 3.63) is 12.3 Å². The molecule has 0 radical (unpaired) electrons. The first-order valence-electron chi connectivity index (χ1n) is 6.33. The van der Waals surface area contributed by atoms with Gasteiger partial charge in [0.2, 0.25) is 0 Å². The fourth-order valence-corrected chi connectivity index (χ4v) is 4.38. The molecule has 0 spiro atoms. The molecule has 1 aliphatic carbocycles. The molecule has 1 aromatic rings. The van der Waals surface area contributed by atoms with E-state index in [-0.39, 0.29) is 16.5 Å². The van der Waals surface area contributed by atoms with Crippen molar-refractivity contribution in [2.45, 2.75) is 37.4 Å². The van der Waals surface area contributed by atoms with Gasteiger partial charge in [0.05, 0.1) is 6.20 Å². The molecule has 1 saturated carbocycles. The quantitative estimate of drug-likeness (QED) is 0.871. The number of nitrogens with one attached hydrogen (secondary N) is 1. The van der Waals surface area contributed by atoms with Crippen LogP contribution in [0.4, 0.5) is 0 Å². The first-order valence-corrected chi connectivity index (χ1v) is 7.81. The zero-order valence-corrected chi connectivity index (χ0v) is 12.9. The van der Waals surface area contributed by atoms with Crippen molar-refractivity contribution >= 4 is 10.0 Å². The van der Waals surface area contributed by atoms with E-state index in [1.807, 2.05) is 14.1 Å². The van der Waals surface area contributed by atoms with Crippen LogP contribution in [0.25, 0.3) is 0 Å². The Morgan fingerprint density at radius 3 is 2.53 bits per heavy atom. The number of hydrogen-bond donors (Lipinski definition) is 1. The zero-order chi connectivity index (χ0) is 14.4. The van der Waals surface area contributed by atoms with Gasteiger partial charge in [-0.05, 0) is 32.0 Å². The third kappa shape index (κ3) is 2.42. The normalized spacial score (nSPS) is 26.4. The number of hydrogen-bond acceptors (Lipinski definition) is 4. The van der Waals surface area contributed by atoms with E-state index in [1.54, 1.807) is 7.05 Å². The number of rotatable bonds is 4. The Morgan fingerprint density at radius 1 is 1.47 bits per heavy atom. The Morgan fingerprint density at radius 2 is 2.11 bits per heavy atom. The van der Waals surface area contributed by atoms with E-state index < -0.39 is 10.0 Å². The molecule has 1 N–H and O–H groups in total. The predicted octanol–water partition coefficient (Wildman–Crippen LogP) is 0.427. The maximum atomic E-state index is 12.3. The number of aromatic nitrogens is 2. The van der Waals surface area contributed by atoms with Crippen LogP contribution in [0.15, 0.2) is 17.3 Å². The number of nitrogens with zero attached hydrogens (tertiary/aromatic N) is 3. The van der Waals surface area contributed by atoms with Gasteiger partial charge in [-0.25, -0.2) is 13.1 Å². The molecule has 19 heavy (non-hydrogen) atoms. The molecule has 0 aliphatic heterocycles. The third-order valence-electron chi connectivity index (χ3n) is 4.19. The molecular weight excluding hydrogens is 264 g/mol. The van der Waals surface area contributed by atoms with Crippen LogP contribution in [0.5, 0.6) is 0 Å². The Labute approximate surface area is 114 Å². The lowest BCUT2D eigenvalue weighted by Crippen LogP contribution is -2.65. The van der Waals surface area contributed by atoms with Crippen LogP contribution in [0.1, 0.15) is 20.3 Å². The van der Waals surface area contributed by atoms with Gasteiger partial charge in [0.25, 0.3) is 10.0 Å². The monoisotopic (exact) mass is 286 g/mol. The molecule has 2 atom stereocenters. The first kappa shape index (κ1) is 14.5. The van der Waals surface area contributed by atoms with Crippen molar-refractivity contribution in [3.63, 3.8) is 0 Å². The lowest BCUT2D eigenvalue weighted by Gasteiger charge is -2.54. The van der Waals surface area contributed by atoms with Crippen LogP contribution in [0.3, 0.4) is 0 Å². The molecule has 6 nitrogen and oxygen atoms in total. The highest BCUT2D eigenvalue weighted by atomic mass is 32.2. The Bertz CT molecular complexity index is 562. The second-order valence-electron chi connectivity index (χ2n) is 6.00. The average molecular weight is 286 g/mol. The lowest BCUT2D eigenvalue weighted by atomic mass is 9.63.